The van der Waals surface area contributed by atoms with Gasteiger partial charge in [0.1, 0.15) is 0 Å². The fourth-order valence-electron chi connectivity index (χ4n) is 1.86. The summed E-state index contributed by atoms with van der Waals surface area (Å²) in [6, 6.07) is 0.278. The summed E-state index contributed by atoms with van der Waals surface area (Å²) in [7, 11) is 0. The fraction of sp³-hybridized carbons (Fsp3) is 0.875. The molecule has 0 aromatic rings. The molecule has 0 aromatic carbocycles. The molecular weight excluding hydrogens is 140 g/mol. The Labute approximate surface area is 67.1 Å². The molecule has 1 amide bonds. The highest BCUT2D eigenvalue weighted by molar-refractivity contribution is 5.77. The molecule has 0 radical (unpaired) electrons. The minimum absolute atomic E-state index is 0.0646. The molecule has 3 heteroatoms. The van der Waals surface area contributed by atoms with Gasteiger partial charge in [0.25, 0.3) is 0 Å². The van der Waals surface area contributed by atoms with Crippen LogP contribution in [-0.4, -0.2) is 11.9 Å². The molecule has 0 heterocycles. The Kier molecular flexibility index (Phi) is 2.49. The average molecular weight is 156 g/mol. The van der Waals surface area contributed by atoms with Crippen molar-refractivity contribution in [1.29, 1.82) is 0 Å². The molecule has 64 valence electrons. The number of amides is 1. The van der Waals surface area contributed by atoms with Crippen LogP contribution in [0.15, 0.2) is 0 Å². The maximum atomic E-state index is 10.9. The zero-order valence-electron chi connectivity index (χ0n) is 6.92. The Balaban J connectivity index is 2.50. The summed E-state index contributed by atoms with van der Waals surface area (Å²) in [6.45, 7) is 2.05. The first-order valence-electron chi connectivity index (χ1n) is 4.16. The van der Waals surface area contributed by atoms with Crippen LogP contribution >= 0.6 is 0 Å². The van der Waals surface area contributed by atoms with Gasteiger partial charge in [0.05, 0.1) is 0 Å². The highest BCUT2D eigenvalue weighted by Gasteiger charge is 2.29. The Morgan fingerprint density at radius 3 is 2.55 bits per heavy atom. The molecule has 1 rings (SSSR count). The lowest BCUT2D eigenvalue weighted by Gasteiger charge is -2.29. The topological polar surface area (TPSA) is 69.1 Å². The second kappa shape index (κ2) is 3.22. The van der Waals surface area contributed by atoms with Crippen LogP contribution in [0.25, 0.3) is 0 Å². The minimum Gasteiger partial charge on any atom is -0.369 e. The van der Waals surface area contributed by atoms with Crippen molar-refractivity contribution in [3.63, 3.8) is 0 Å². The van der Waals surface area contributed by atoms with E-state index in [0.717, 1.165) is 19.3 Å². The van der Waals surface area contributed by atoms with Crippen LogP contribution in [0.4, 0.5) is 0 Å². The first kappa shape index (κ1) is 8.53. The number of nitrogens with two attached hydrogens (primary N) is 2. The summed E-state index contributed by atoms with van der Waals surface area (Å²) in [6.07, 6.45) is 2.75. The van der Waals surface area contributed by atoms with Crippen molar-refractivity contribution in [3.05, 3.63) is 0 Å². The van der Waals surface area contributed by atoms with Crippen LogP contribution in [0.1, 0.15) is 26.2 Å². The number of hydrogen-bond donors (Lipinski definition) is 2. The monoisotopic (exact) mass is 156 g/mol. The van der Waals surface area contributed by atoms with Crippen LogP contribution in [0, 0.1) is 11.8 Å². The first-order valence-corrected chi connectivity index (χ1v) is 4.16. The van der Waals surface area contributed by atoms with Gasteiger partial charge in [0.2, 0.25) is 5.91 Å². The molecule has 0 aliphatic heterocycles. The summed E-state index contributed by atoms with van der Waals surface area (Å²) < 4.78 is 0. The number of carbonyl (C=O) groups is 1. The van der Waals surface area contributed by atoms with E-state index < -0.39 is 0 Å². The number of rotatable bonds is 1. The fourth-order valence-corrected chi connectivity index (χ4v) is 1.86. The molecular formula is C8H16N2O. The number of primary amides is 1. The van der Waals surface area contributed by atoms with Crippen LogP contribution in [-0.2, 0) is 4.79 Å². The lowest BCUT2D eigenvalue weighted by Crippen LogP contribution is -2.38. The molecule has 3 nitrogen and oxygen atoms in total. The van der Waals surface area contributed by atoms with E-state index in [-0.39, 0.29) is 17.9 Å². The third-order valence-electron chi connectivity index (χ3n) is 2.58. The lowest BCUT2D eigenvalue weighted by molar-refractivity contribution is -0.124. The van der Waals surface area contributed by atoms with Gasteiger partial charge in [-0.25, -0.2) is 0 Å². The molecule has 3 atom stereocenters. The van der Waals surface area contributed by atoms with Crippen molar-refractivity contribution in [2.75, 3.05) is 0 Å². The van der Waals surface area contributed by atoms with Gasteiger partial charge in [-0.1, -0.05) is 6.92 Å². The van der Waals surface area contributed by atoms with Crippen molar-refractivity contribution < 1.29 is 4.79 Å². The van der Waals surface area contributed by atoms with Crippen molar-refractivity contribution in [3.8, 4) is 0 Å². The van der Waals surface area contributed by atoms with E-state index in [2.05, 4.69) is 6.92 Å². The third kappa shape index (κ3) is 1.93. The predicted octanol–water partition coefficient (Wildman–Crippen LogP) is 0.235. The number of carbonyl (C=O) groups excluding carboxylic acids is 1. The molecule has 0 spiro atoms. The Morgan fingerprint density at radius 2 is 2.09 bits per heavy atom. The molecule has 1 fully saturated rings. The van der Waals surface area contributed by atoms with Gasteiger partial charge in [-0.05, 0) is 25.2 Å². The molecule has 1 saturated carbocycles. The molecule has 4 N–H and O–H groups in total. The van der Waals surface area contributed by atoms with E-state index in [1.807, 2.05) is 0 Å². The highest BCUT2D eigenvalue weighted by Crippen LogP contribution is 2.28. The molecule has 11 heavy (non-hydrogen) atoms. The van der Waals surface area contributed by atoms with E-state index >= 15 is 0 Å². The summed E-state index contributed by atoms with van der Waals surface area (Å²) in [5.74, 6) is 0.274. The summed E-state index contributed by atoms with van der Waals surface area (Å²) >= 11 is 0. The van der Waals surface area contributed by atoms with E-state index in [4.69, 9.17) is 11.5 Å². The second-order valence-corrected chi connectivity index (χ2v) is 3.56. The highest BCUT2D eigenvalue weighted by atomic mass is 16.1. The van der Waals surface area contributed by atoms with Gasteiger partial charge < -0.3 is 11.5 Å². The van der Waals surface area contributed by atoms with Crippen molar-refractivity contribution >= 4 is 5.91 Å². The maximum absolute atomic E-state index is 10.9. The van der Waals surface area contributed by atoms with E-state index in [0.29, 0.717) is 5.92 Å². The SMILES string of the molecule is CC1CC(N)CCC1C(N)=O. The zero-order chi connectivity index (χ0) is 8.43. The standard InChI is InChI=1S/C8H16N2O/c1-5-4-6(9)2-3-7(5)8(10)11/h5-7H,2-4,9H2,1H3,(H2,10,11). The van der Waals surface area contributed by atoms with Gasteiger partial charge >= 0.3 is 0 Å². The van der Waals surface area contributed by atoms with Crippen molar-refractivity contribution in [1.82, 2.24) is 0 Å². The molecule has 1 aliphatic rings. The van der Waals surface area contributed by atoms with Crippen LogP contribution in [0.3, 0.4) is 0 Å². The molecule has 0 aromatic heterocycles. The van der Waals surface area contributed by atoms with Crippen LogP contribution in [0.2, 0.25) is 0 Å². The van der Waals surface area contributed by atoms with Crippen molar-refractivity contribution in [2.24, 2.45) is 23.3 Å². The maximum Gasteiger partial charge on any atom is 0.220 e. The first-order chi connectivity index (χ1) is 5.11. The minimum atomic E-state index is -0.163. The van der Waals surface area contributed by atoms with E-state index in [1.165, 1.54) is 0 Å². The Bertz CT molecular complexity index is 158. The van der Waals surface area contributed by atoms with Gasteiger partial charge in [-0.2, -0.15) is 0 Å². The van der Waals surface area contributed by atoms with Gasteiger partial charge in [-0.3, -0.25) is 4.79 Å². The van der Waals surface area contributed by atoms with Crippen LogP contribution < -0.4 is 11.5 Å². The smallest absolute Gasteiger partial charge is 0.220 e. The zero-order valence-corrected chi connectivity index (χ0v) is 6.92. The quantitative estimate of drug-likeness (QED) is 0.570. The normalized spacial score (nSPS) is 38.5. The van der Waals surface area contributed by atoms with Gasteiger partial charge in [-0.15, -0.1) is 0 Å². The number of hydrogen-bond acceptors (Lipinski definition) is 2. The predicted molar refractivity (Wildman–Crippen MR) is 43.7 cm³/mol. The largest absolute Gasteiger partial charge is 0.369 e. The molecule has 0 bridgehead atoms. The van der Waals surface area contributed by atoms with Gasteiger partial charge in [0.15, 0.2) is 0 Å². The molecule has 0 saturated heterocycles. The van der Waals surface area contributed by atoms with Crippen LogP contribution in [0.5, 0.6) is 0 Å². The third-order valence-corrected chi connectivity index (χ3v) is 2.58. The molecule has 3 unspecified atom stereocenters. The molecule has 1 aliphatic carbocycles. The second-order valence-electron chi connectivity index (χ2n) is 3.56. The Morgan fingerprint density at radius 1 is 1.45 bits per heavy atom. The van der Waals surface area contributed by atoms with Crippen molar-refractivity contribution in [2.45, 2.75) is 32.2 Å². The average Bonchev–Trinajstić information content (AvgIpc) is 1.85. The summed E-state index contributed by atoms with van der Waals surface area (Å²) in [5, 5.41) is 0. The van der Waals surface area contributed by atoms with E-state index in [9.17, 15) is 4.79 Å². The Hall–Kier alpha value is -0.570. The lowest BCUT2D eigenvalue weighted by atomic mass is 9.78. The summed E-state index contributed by atoms with van der Waals surface area (Å²) in [5.41, 5.74) is 11.0. The summed E-state index contributed by atoms with van der Waals surface area (Å²) in [4.78, 5) is 10.9. The van der Waals surface area contributed by atoms with Gasteiger partial charge in [0, 0.05) is 12.0 Å². The van der Waals surface area contributed by atoms with E-state index in [1.54, 1.807) is 0 Å².